The van der Waals surface area contributed by atoms with Crippen LogP contribution in [0.2, 0.25) is 0 Å². The average molecular weight is 535 g/mol. The van der Waals surface area contributed by atoms with E-state index in [4.69, 9.17) is 14.2 Å². The second-order valence-corrected chi connectivity index (χ2v) is 8.86. The predicted molar refractivity (Wildman–Crippen MR) is 126 cm³/mol. The number of carbonyl (C=O) groups is 1. The highest BCUT2D eigenvalue weighted by Crippen LogP contribution is 2.44. The van der Waals surface area contributed by atoms with E-state index in [-0.39, 0.29) is 47.8 Å². The molecule has 202 valence electrons. The lowest BCUT2D eigenvalue weighted by atomic mass is 9.95. The number of carboxylic acid groups (broad SMARTS) is 1. The number of nitrogens with zero attached hydrogens (tertiary/aromatic N) is 3. The Hall–Kier alpha value is -3.96. The molecule has 1 saturated carbocycles. The Morgan fingerprint density at radius 3 is 2.61 bits per heavy atom. The average Bonchev–Trinajstić information content (AvgIpc) is 3.71. The lowest BCUT2D eigenvalue weighted by Gasteiger charge is -2.16. The van der Waals surface area contributed by atoms with E-state index in [2.05, 4.69) is 15.0 Å². The number of hydrogen-bond donors (Lipinski definition) is 1. The molecule has 0 amide bonds. The molecule has 0 saturated heterocycles. The van der Waals surface area contributed by atoms with Crippen LogP contribution in [0.5, 0.6) is 17.4 Å². The first-order valence-corrected chi connectivity index (χ1v) is 11.8. The monoisotopic (exact) mass is 535 g/mol. The Kier molecular flexibility index (Phi) is 8.28. The van der Waals surface area contributed by atoms with Crippen LogP contribution < -0.4 is 14.2 Å². The summed E-state index contributed by atoms with van der Waals surface area (Å²) in [5.74, 6) is -1.08. The Morgan fingerprint density at radius 1 is 1.13 bits per heavy atom. The number of pyridine rings is 1. The second kappa shape index (κ2) is 11.6. The molecule has 0 spiro atoms. The SMILES string of the molecule is COc1ccc(F)c(-c2ncc(COc3cc(C(CC(=O)O)C4CC4)ncn3)cc2OCCC(F)(F)F)c1. The fraction of sp³-hybridized carbons (Fsp3) is 0.385. The number of halogens is 4. The number of hydrogen-bond acceptors (Lipinski definition) is 7. The maximum Gasteiger partial charge on any atom is 0.392 e. The fourth-order valence-corrected chi connectivity index (χ4v) is 3.96. The van der Waals surface area contributed by atoms with Crippen molar-refractivity contribution >= 4 is 5.97 Å². The third-order valence-corrected chi connectivity index (χ3v) is 6.00. The van der Waals surface area contributed by atoms with Crippen molar-refractivity contribution in [2.75, 3.05) is 13.7 Å². The van der Waals surface area contributed by atoms with Gasteiger partial charge in [-0.05, 0) is 43.0 Å². The minimum Gasteiger partial charge on any atom is -0.497 e. The number of carboxylic acids is 1. The Balaban J connectivity index is 1.55. The van der Waals surface area contributed by atoms with Gasteiger partial charge in [-0.15, -0.1) is 0 Å². The summed E-state index contributed by atoms with van der Waals surface area (Å²) in [6.07, 6.45) is -1.13. The van der Waals surface area contributed by atoms with Gasteiger partial charge in [0.05, 0.1) is 32.3 Å². The van der Waals surface area contributed by atoms with Crippen molar-refractivity contribution in [3.05, 3.63) is 59.9 Å². The number of aromatic nitrogens is 3. The molecule has 0 bridgehead atoms. The number of methoxy groups -OCH3 is 1. The summed E-state index contributed by atoms with van der Waals surface area (Å²) in [6, 6.07) is 6.96. The summed E-state index contributed by atoms with van der Waals surface area (Å²) < 4.78 is 69.0. The second-order valence-electron chi connectivity index (χ2n) is 8.86. The van der Waals surface area contributed by atoms with E-state index in [0.29, 0.717) is 17.0 Å². The molecule has 1 aliphatic carbocycles. The molecule has 38 heavy (non-hydrogen) atoms. The van der Waals surface area contributed by atoms with Gasteiger partial charge in [-0.1, -0.05) is 0 Å². The van der Waals surface area contributed by atoms with E-state index in [9.17, 15) is 27.5 Å². The molecule has 12 heteroatoms. The van der Waals surface area contributed by atoms with Gasteiger partial charge in [0.15, 0.2) is 0 Å². The van der Waals surface area contributed by atoms with Crippen molar-refractivity contribution in [1.29, 1.82) is 0 Å². The standard InChI is InChI=1S/C26H25F4N3O5/c1-36-17-4-5-20(27)19(9-17)25-22(37-7-6-26(28,29)30)8-15(12-31-25)13-38-23-11-21(32-14-33-23)18(10-24(34)35)16-2-3-16/h4-5,8-9,11-12,14,16,18H,2-3,6-7,10,13H2,1H3,(H,34,35). The lowest BCUT2D eigenvalue weighted by Crippen LogP contribution is -2.13. The topological polar surface area (TPSA) is 104 Å². The number of benzene rings is 1. The normalized spacial score (nSPS) is 14.1. The van der Waals surface area contributed by atoms with Crippen molar-refractivity contribution in [1.82, 2.24) is 15.0 Å². The molecule has 2 heterocycles. The maximum absolute atomic E-state index is 14.6. The summed E-state index contributed by atoms with van der Waals surface area (Å²) in [5, 5.41) is 9.24. The van der Waals surface area contributed by atoms with E-state index in [1.54, 1.807) is 6.07 Å². The van der Waals surface area contributed by atoms with E-state index in [1.807, 2.05) is 0 Å². The van der Waals surface area contributed by atoms with Crippen molar-refractivity contribution < 1.29 is 41.7 Å². The highest BCUT2D eigenvalue weighted by molar-refractivity contribution is 5.69. The fourth-order valence-electron chi connectivity index (χ4n) is 3.96. The molecule has 1 aliphatic rings. The third kappa shape index (κ3) is 7.30. The molecule has 8 nitrogen and oxygen atoms in total. The van der Waals surface area contributed by atoms with E-state index in [1.165, 1.54) is 37.8 Å². The Morgan fingerprint density at radius 2 is 1.92 bits per heavy atom. The molecule has 1 fully saturated rings. The smallest absolute Gasteiger partial charge is 0.392 e. The predicted octanol–water partition coefficient (Wildman–Crippen LogP) is 5.56. The molecule has 0 radical (unpaired) electrons. The van der Waals surface area contributed by atoms with Gasteiger partial charge in [-0.3, -0.25) is 9.78 Å². The molecular formula is C26H25F4N3O5. The largest absolute Gasteiger partial charge is 0.497 e. The summed E-state index contributed by atoms with van der Waals surface area (Å²) in [6.45, 7) is -0.761. The van der Waals surface area contributed by atoms with Crippen LogP contribution in [0.4, 0.5) is 17.6 Å². The highest BCUT2D eigenvalue weighted by Gasteiger charge is 2.35. The molecule has 4 rings (SSSR count). The van der Waals surface area contributed by atoms with Gasteiger partial charge < -0.3 is 19.3 Å². The third-order valence-electron chi connectivity index (χ3n) is 6.00. The molecule has 0 aliphatic heterocycles. The molecule has 1 aromatic carbocycles. The zero-order valence-electron chi connectivity index (χ0n) is 20.4. The van der Waals surface area contributed by atoms with Gasteiger partial charge >= 0.3 is 12.1 Å². The van der Waals surface area contributed by atoms with Gasteiger partial charge in [-0.2, -0.15) is 13.2 Å². The van der Waals surface area contributed by atoms with E-state index in [0.717, 1.165) is 18.9 Å². The zero-order chi connectivity index (χ0) is 27.3. The van der Waals surface area contributed by atoms with Gasteiger partial charge in [0.25, 0.3) is 0 Å². The van der Waals surface area contributed by atoms with Gasteiger partial charge in [-0.25, -0.2) is 14.4 Å². The Labute approximate surface area is 215 Å². The highest BCUT2D eigenvalue weighted by atomic mass is 19.4. The van der Waals surface area contributed by atoms with Crippen molar-refractivity contribution in [3.8, 4) is 28.6 Å². The minimum atomic E-state index is -4.43. The summed E-state index contributed by atoms with van der Waals surface area (Å²) in [7, 11) is 1.40. The summed E-state index contributed by atoms with van der Waals surface area (Å²) in [4.78, 5) is 23.8. The quantitative estimate of drug-likeness (QED) is 0.301. The first-order valence-electron chi connectivity index (χ1n) is 11.8. The minimum absolute atomic E-state index is 0.00353. The van der Waals surface area contributed by atoms with Crippen LogP contribution in [0, 0.1) is 11.7 Å². The van der Waals surface area contributed by atoms with Gasteiger partial charge in [0, 0.05) is 29.3 Å². The number of ether oxygens (including phenoxy) is 3. The first kappa shape index (κ1) is 27.1. The van der Waals surface area contributed by atoms with E-state index >= 15 is 0 Å². The lowest BCUT2D eigenvalue weighted by molar-refractivity contribution is -0.140. The number of rotatable bonds is 12. The number of aliphatic carboxylic acids is 1. The van der Waals surface area contributed by atoms with Crippen molar-refractivity contribution in [2.24, 2.45) is 5.92 Å². The van der Waals surface area contributed by atoms with Crippen LogP contribution in [0.3, 0.4) is 0 Å². The Bertz CT molecular complexity index is 1280. The first-order chi connectivity index (χ1) is 18.1. The van der Waals surface area contributed by atoms with E-state index < -0.39 is 31.0 Å². The van der Waals surface area contributed by atoms with Gasteiger partial charge in [0.2, 0.25) is 5.88 Å². The van der Waals surface area contributed by atoms with Crippen LogP contribution >= 0.6 is 0 Å². The summed E-state index contributed by atoms with van der Waals surface area (Å²) >= 11 is 0. The maximum atomic E-state index is 14.6. The molecule has 2 aromatic heterocycles. The van der Waals surface area contributed by atoms with Crippen LogP contribution in [-0.4, -0.2) is 45.9 Å². The molecule has 1 unspecified atom stereocenters. The van der Waals surface area contributed by atoms with Crippen molar-refractivity contribution in [2.45, 2.75) is 44.4 Å². The van der Waals surface area contributed by atoms with Crippen LogP contribution in [0.15, 0.2) is 42.9 Å². The van der Waals surface area contributed by atoms with Crippen LogP contribution in [0.25, 0.3) is 11.3 Å². The molecule has 3 aromatic rings. The summed E-state index contributed by atoms with van der Waals surface area (Å²) in [5.41, 5.74) is 1.02. The van der Waals surface area contributed by atoms with Gasteiger partial charge in [0.1, 0.15) is 35.9 Å². The van der Waals surface area contributed by atoms with Crippen LogP contribution in [0.1, 0.15) is 42.9 Å². The van der Waals surface area contributed by atoms with Crippen molar-refractivity contribution in [3.63, 3.8) is 0 Å². The van der Waals surface area contributed by atoms with Crippen LogP contribution in [-0.2, 0) is 11.4 Å². The molecule has 1 N–H and O–H groups in total. The molecular weight excluding hydrogens is 510 g/mol. The molecule has 1 atom stereocenters. The number of alkyl halides is 3. The zero-order valence-corrected chi connectivity index (χ0v) is 20.4.